The summed E-state index contributed by atoms with van der Waals surface area (Å²) in [7, 11) is 1.99. The molecule has 1 N–H and O–H groups in total. The van der Waals surface area contributed by atoms with Crippen LogP contribution in [0.1, 0.15) is 33.1 Å². The number of carbonyl (C=O) groups is 1. The molecule has 2 rings (SSSR count). The molecule has 1 atom stereocenters. The maximum absolute atomic E-state index is 12.2. The number of hydrogen-bond donors (Lipinski definition) is 1. The Morgan fingerprint density at radius 3 is 2.65 bits per heavy atom. The summed E-state index contributed by atoms with van der Waals surface area (Å²) in [6.07, 6.45) is 3.79. The molecule has 0 saturated carbocycles. The second-order valence-electron chi connectivity index (χ2n) is 7.37. The topological polar surface area (TPSA) is 54.0 Å². The lowest BCUT2D eigenvalue weighted by molar-refractivity contribution is -0.123. The average Bonchev–Trinajstić information content (AvgIpc) is 2.55. The van der Waals surface area contributed by atoms with Crippen LogP contribution in [0.5, 0.6) is 0 Å². The van der Waals surface area contributed by atoms with E-state index in [0.29, 0.717) is 13.1 Å². The number of nitrogens with zero attached hydrogens (tertiary/aromatic N) is 2. The molecule has 23 heavy (non-hydrogen) atoms. The lowest BCUT2D eigenvalue weighted by Crippen LogP contribution is -2.56. The Morgan fingerprint density at radius 2 is 2.00 bits per heavy atom. The molecular formula is C17H33N3O3. The molecule has 0 aromatic carbocycles. The quantitative estimate of drug-likeness (QED) is 0.746. The molecule has 0 aromatic rings. The standard InChI is InChI=1S/C17H33N3O3/c1-17(2,20-7-10-22-11-8-20)14-18-16(21)13-19(3)12-15-6-4-5-9-23-15/h15H,4-14H2,1-3H3,(H,18,21). The van der Waals surface area contributed by atoms with Crippen molar-refractivity contribution in [1.82, 2.24) is 15.1 Å². The van der Waals surface area contributed by atoms with Crippen molar-refractivity contribution < 1.29 is 14.3 Å². The van der Waals surface area contributed by atoms with E-state index < -0.39 is 0 Å². The van der Waals surface area contributed by atoms with Gasteiger partial charge in [-0.1, -0.05) is 0 Å². The fourth-order valence-electron chi connectivity index (χ4n) is 3.26. The van der Waals surface area contributed by atoms with Crippen molar-refractivity contribution in [3.8, 4) is 0 Å². The molecule has 2 fully saturated rings. The van der Waals surface area contributed by atoms with E-state index in [1.807, 2.05) is 7.05 Å². The number of carbonyl (C=O) groups excluding carboxylic acids is 1. The van der Waals surface area contributed by atoms with Gasteiger partial charge in [0.15, 0.2) is 0 Å². The van der Waals surface area contributed by atoms with E-state index in [2.05, 4.69) is 29.0 Å². The zero-order chi connectivity index (χ0) is 16.7. The first-order valence-electron chi connectivity index (χ1n) is 8.87. The minimum absolute atomic E-state index is 0.0372. The Kier molecular flexibility index (Phi) is 7.27. The molecule has 1 amide bonds. The molecule has 2 heterocycles. The Morgan fingerprint density at radius 1 is 1.26 bits per heavy atom. The van der Waals surface area contributed by atoms with E-state index in [0.717, 1.165) is 52.3 Å². The third kappa shape index (κ3) is 6.37. The lowest BCUT2D eigenvalue weighted by Gasteiger charge is -2.41. The van der Waals surface area contributed by atoms with Gasteiger partial charge in [-0.25, -0.2) is 0 Å². The van der Waals surface area contributed by atoms with Gasteiger partial charge in [0.2, 0.25) is 5.91 Å². The smallest absolute Gasteiger partial charge is 0.234 e. The molecule has 2 aliphatic heterocycles. The second-order valence-corrected chi connectivity index (χ2v) is 7.37. The number of ether oxygens (including phenoxy) is 2. The van der Waals surface area contributed by atoms with E-state index >= 15 is 0 Å². The van der Waals surface area contributed by atoms with Crippen LogP contribution in [0.25, 0.3) is 0 Å². The van der Waals surface area contributed by atoms with E-state index in [1.165, 1.54) is 6.42 Å². The lowest BCUT2D eigenvalue weighted by atomic mass is 10.0. The summed E-state index contributed by atoms with van der Waals surface area (Å²) >= 11 is 0. The Labute approximate surface area is 140 Å². The third-order valence-electron chi connectivity index (χ3n) is 4.79. The van der Waals surface area contributed by atoms with E-state index in [-0.39, 0.29) is 17.6 Å². The Hall–Kier alpha value is -0.690. The summed E-state index contributed by atoms with van der Waals surface area (Å²) < 4.78 is 11.1. The fourth-order valence-corrected chi connectivity index (χ4v) is 3.26. The van der Waals surface area contributed by atoms with Gasteiger partial charge in [-0.15, -0.1) is 0 Å². The van der Waals surface area contributed by atoms with Crippen LogP contribution in [0.2, 0.25) is 0 Å². The summed E-state index contributed by atoms with van der Waals surface area (Å²) in [6.45, 7) is 10.6. The van der Waals surface area contributed by atoms with Crippen molar-refractivity contribution >= 4 is 5.91 Å². The second kappa shape index (κ2) is 8.97. The van der Waals surface area contributed by atoms with Crippen LogP contribution >= 0.6 is 0 Å². The highest BCUT2D eigenvalue weighted by molar-refractivity contribution is 5.78. The molecule has 6 heteroatoms. The predicted molar refractivity (Wildman–Crippen MR) is 90.6 cm³/mol. The van der Waals surface area contributed by atoms with Crippen molar-refractivity contribution in [1.29, 1.82) is 0 Å². The monoisotopic (exact) mass is 327 g/mol. The van der Waals surface area contributed by atoms with Gasteiger partial charge in [-0.3, -0.25) is 14.6 Å². The highest BCUT2D eigenvalue weighted by Crippen LogP contribution is 2.15. The number of nitrogens with one attached hydrogen (secondary N) is 1. The molecule has 1 unspecified atom stereocenters. The van der Waals surface area contributed by atoms with Gasteiger partial charge in [0.1, 0.15) is 0 Å². The first-order chi connectivity index (χ1) is 11.0. The molecule has 0 bridgehead atoms. The highest BCUT2D eigenvalue weighted by Gasteiger charge is 2.28. The first-order valence-corrected chi connectivity index (χ1v) is 8.87. The third-order valence-corrected chi connectivity index (χ3v) is 4.79. The largest absolute Gasteiger partial charge is 0.379 e. The van der Waals surface area contributed by atoms with Gasteiger partial charge in [0.25, 0.3) is 0 Å². The first kappa shape index (κ1) is 18.6. The van der Waals surface area contributed by atoms with Crippen molar-refractivity contribution in [2.45, 2.75) is 44.8 Å². The van der Waals surface area contributed by atoms with Crippen LogP contribution in [0.15, 0.2) is 0 Å². The summed E-state index contributed by atoms with van der Waals surface area (Å²) in [6, 6.07) is 0. The van der Waals surface area contributed by atoms with Crippen LogP contribution < -0.4 is 5.32 Å². The van der Waals surface area contributed by atoms with Crippen molar-refractivity contribution in [2.75, 3.05) is 59.6 Å². The number of amides is 1. The average molecular weight is 327 g/mol. The molecule has 6 nitrogen and oxygen atoms in total. The van der Waals surface area contributed by atoms with Crippen LogP contribution in [0, 0.1) is 0 Å². The summed E-state index contributed by atoms with van der Waals surface area (Å²) in [5, 5.41) is 3.08. The Bertz CT molecular complexity index is 364. The van der Waals surface area contributed by atoms with Crippen LogP contribution in [-0.2, 0) is 14.3 Å². The van der Waals surface area contributed by atoms with Gasteiger partial charge in [-0.05, 0) is 40.2 Å². The predicted octanol–water partition coefficient (Wildman–Crippen LogP) is 0.714. The minimum atomic E-state index is -0.0372. The van der Waals surface area contributed by atoms with Gasteiger partial charge < -0.3 is 14.8 Å². The molecule has 134 valence electrons. The van der Waals surface area contributed by atoms with Gasteiger partial charge >= 0.3 is 0 Å². The van der Waals surface area contributed by atoms with Crippen molar-refractivity contribution in [3.05, 3.63) is 0 Å². The van der Waals surface area contributed by atoms with Crippen molar-refractivity contribution in [2.24, 2.45) is 0 Å². The number of morpholine rings is 1. The molecule has 2 aliphatic rings. The normalized spacial score (nSPS) is 23.9. The fraction of sp³-hybridized carbons (Fsp3) is 0.941. The number of rotatable bonds is 7. The summed E-state index contributed by atoms with van der Waals surface area (Å²) in [5.74, 6) is 0.0876. The van der Waals surface area contributed by atoms with Crippen molar-refractivity contribution in [3.63, 3.8) is 0 Å². The molecule has 0 aliphatic carbocycles. The summed E-state index contributed by atoms with van der Waals surface area (Å²) in [4.78, 5) is 16.6. The molecule has 2 saturated heterocycles. The molecule has 0 radical (unpaired) electrons. The van der Waals surface area contributed by atoms with Gasteiger partial charge in [0, 0.05) is 38.3 Å². The Balaban J connectivity index is 1.66. The number of likely N-dealkylation sites (N-methyl/N-ethyl adjacent to an activating group) is 1. The molecule has 0 spiro atoms. The van der Waals surface area contributed by atoms with Gasteiger partial charge in [0.05, 0.1) is 25.9 Å². The maximum atomic E-state index is 12.2. The van der Waals surface area contributed by atoms with E-state index in [4.69, 9.17) is 9.47 Å². The van der Waals surface area contributed by atoms with E-state index in [9.17, 15) is 4.79 Å². The van der Waals surface area contributed by atoms with Crippen LogP contribution in [0.4, 0.5) is 0 Å². The highest BCUT2D eigenvalue weighted by atomic mass is 16.5. The molecule has 0 aromatic heterocycles. The maximum Gasteiger partial charge on any atom is 0.234 e. The zero-order valence-corrected chi connectivity index (χ0v) is 15.0. The van der Waals surface area contributed by atoms with Crippen LogP contribution in [-0.4, -0.2) is 86.9 Å². The van der Waals surface area contributed by atoms with E-state index in [1.54, 1.807) is 0 Å². The zero-order valence-electron chi connectivity index (χ0n) is 15.0. The van der Waals surface area contributed by atoms with Gasteiger partial charge in [-0.2, -0.15) is 0 Å². The minimum Gasteiger partial charge on any atom is -0.379 e. The summed E-state index contributed by atoms with van der Waals surface area (Å²) in [5.41, 5.74) is -0.0372. The van der Waals surface area contributed by atoms with Crippen LogP contribution in [0.3, 0.4) is 0 Å². The molecular weight excluding hydrogens is 294 g/mol. The number of hydrogen-bond acceptors (Lipinski definition) is 5. The SMILES string of the molecule is CN(CC(=O)NCC(C)(C)N1CCOCC1)CC1CCCCO1.